The second-order valence-corrected chi connectivity index (χ2v) is 4.65. The molecule has 0 aliphatic carbocycles. The van der Waals surface area contributed by atoms with Gasteiger partial charge in [0.2, 0.25) is 0 Å². The molecule has 1 aromatic carbocycles. The van der Waals surface area contributed by atoms with Crippen LogP contribution in [0.3, 0.4) is 0 Å². The molecule has 3 nitrogen and oxygen atoms in total. The van der Waals surface area contributed by atoms with Gasteiger partial charge in [0.05, 0.1) is 11.6 Å². The van der Waals surface area contributed by atoms with E-state index in [0.29, 0.717) is 29.7 Å². The van der Waals surface area contributed by atoms with Crippen molar-refractivity contribution in [2.75, 3.05) is 24.5 Å². The number of hydrogen-bond acceptors (Lipinski definition) is 3. The summed E-state index contributed by atoms with van der Waals surface area (Å²) in [5.74, 6) is -1.15. The minimum absolute atomic E-state index is 0.271. The summed E-state index contributed by atoms with van der Waals surface area (Å²) in [5, 5.41) is 3.62. The van der Waals surface area contributed by atoms with Crippen molar-refractivity contribution in [2.24, 2.45) is 0 Å². The number of rotatable bonds is 1. The van der Waals surface area contributed by atoms with Crippen molar-refractivity contribution < 1.29 is 13.2 Å². The van der Waals surface area contributed by atoms with Crippen LogP contribution in [0, 0.1) is 11.6 Å². The number of nitrogens with one attached hydrogen (secondary N) is 1. The SMILES string of the molecule is C[C@H]1CN(c2c(F)cc(F)c3ccoc23)CCN1. The molecule has 1 fully saturated rings. The van der Waals surface area contributed by atoms with Crippen molar-refractivity contribution in [3.8, 4) is 0 Å². The molecule has 96 valence electrons. The highest BCUT2D eigenvalue weighted by molar-refractivity contribution is 5.90. The summed E-state index contributed by atoms with van der Waals surface area (Å²) in [6.45, 7) is 4.17. The molecule has 1 saturated heterocycles. The number of furan rings is 1. The molecule has 1 atom stereocenters. The normalized spacial score (nSPS) is 20.6. The quantitative estimate of drug-likeness (QED) is 0.845. The van der Waals surface area contributed by atoms with E-state index in [4.69, 9.17) is 4.42 Å². The summed E-state index contributed by atoms with van der Waals surface area (Å²) >= 11 is 0. The monoisotopic (exact) mass is 252 g/mol. The van der Waals surface area contributed by atoms with Crippen LogP contribution in [0.25, 0.3) is 11.0 Å². The third-order valence-electron chi connectivity index (χ3n) is 3.30. The molecular weight excluding hydrogens is 238 g/mol. The van der Waals surface area contributed by atoms with Crippen LogP contribution < -0.4 is 10.2 Å². The molecule has 1 N–H and O–H groups in total. The van der Waals surface area contributed by atoms with Crippen LogP contribution >= 0.6 is 0 Å². The fraction of sp³-hybridized carbons (Fsp3) is 0.385. The van der Waals surface area contributed by atoms with Gasteiger partial charge in [-0.15, -0.1) is 0 Å². The predicted octanol–water partition coefficient (Wildman–Crippen LogP) is 2.51. The van der Waals surface area contributed by atoms with E-state index in [-0.39, 0.29) is 6.04 Å². The van der Waals surface area contributed by atoms with Gasteiger partial charge in [-0.25, -0.2) is 8.78 Å². The van der Waals surface area contributed by atoms with E-state index in [2.05, 4.69) is 5.32 Å². The Hall–Kier alpha value is -1.62. The van der Waals surface area contributed by atoms with Gasteiger partial charge in [-0.1, -0.05) is 0 Å². The second-order valence-electron chi connectivity index (χ2n) is 4.65. The molecule has 3 rings (SSSR count). The first kappa shape index (κ1) is 11.5. The zero-order valence-corrected chi connectivity index (χ0v) is 10.0. The van der Waals surface area contributed by atoms with Gasteiger partial charge in [0, 0.05) is 31.7 Å². The first-order valence-electron chi connectivity index (χ1n) is 6.00. The highest BCUT2D eigenvalue weighted by Crippen LogP contribution is 2.33. The fourth-order valence-electron chi connectivity index (χ4n) is 2.48. The smallest absolute Gasteiger partial charge is 0.163 e. The average Bonchev–Trinajstić information content (AvgIpc) is 2.78. The molecular formula is C13H14F2N2O. The van der Waals surface area contributed by atoms with E-state index in [9.17, 15) is 8.78 Å². The van der Waals surface area contributed by atoms with Gasteiger partial charge in [0.1, 0.15) is 11.5 Å². The number of piperazine rings is 1. The van der Waals surface area contributed by atoms with Crippen LogP contribution in [-0.2, 0) is 0 Å². The van der Waals surface area contributed by atoms with E-state index in [1.54, 1.807) is 0 Å². The number of halogens is 2. The minimum Gasteiger partial charge on any atom is -0.462 e. The molecule has 1 aliphatic rings. The third-order valence-corrected chi connectivity index (χ3v) is 3.30. The Kier molecular flexibility index (Phi) is 2.70. The summed E-state index contributed by atoms with van der Waals surface area (Å²) in [6, 6.07) is 2.73. The molecule has 0 spiro atoms. The van der Waals surface area contributed by atoms with E-state index in [1.165, 1.54) is 12.3 Å². The van der Waals surface area contributed by atoms with Gasteiger partial charge < -0.3 is 14.6 Å². The van der Waals surface area contributed by atoms with E-state index in [0.717, 1.165) is 12.6 Å². The molecule has 0 saturated carbocycles. The van der Waals surface area contributed by atoms with E-state index in [1.807, 2.05) is 11.8 Å². The summed E-state index contributed by atoms with van der Waals surface area (Å²) in [4.78, 5) is 1.90. The van der Waals surface area contributed by atoms with Crippen LogP contribution in [0.2, 0.25) is 0 Å². The summed E-state index contributed by atoms with van der Waals surface area (Å²) in [7, 11) is 0. The minimum atomic E-state index is -0.580. The van der Waals surface area contributed by atoms with Crippen molar-refractivity contribution >= 4 is 16.7 Å². The second kappa shape index (κ2) is 4.24. The fourth-order valence-corrected chi connectivity index (χ4v) is 2.48. The van der Waals surface area contributed by atoms with Gasteiger partial charge in [0.25, 0.3) is 0 Å². The Morgan fingerprint density at radius 3 is 3.00 bits per heavy atom. The first-order valence-corrected chi connectivity index (χ1v) is 6.00. The third kappa shape index (κ3) is 1.75. The summed E-state index contributed by atoms with van der Waals surface area (Å²) in [5.41, 5.74) is 0.659. The Bertz CT molecular complexity index is 582. The van der Waals surface area contributed by atoms with Crippen LogP contribution in [0.15, 0.2) is 22.8 Å². The molecule has 2 aromatic rings. The van der Waals surface area contributed by atoms with E-state index < -0.39 is 11.6 Å². The topological polar surface area (TPSA) is 28.4 Å². The number of fused-ring (bicyclic) bond motifs is 1. The van der Waals surface area contributed by atoms with Crippen LogP contribution in [0.4, 0.5) is 14.5 Å². The summed E-state index contributed by atoms with van der Waals surface area (Å²) < 4.78 is 32.8. The number of anilines is 1. The Labute approximate surface area is 103 Å². The Balaban J connectivity index is 2.13. The molecule has 0 unspecified atom stereocenters. The van der Waals surface area contributed by atoms with Crippen LogP contribution in [0.1, 0.15) is 6.92 Å². The standard InChI is InChI=1S/C13H14F2N2O/c1-8-7-17(4-3-16-8)12-11(15)6-10(14)9-2-5-18-13(9)12/h2,5-6,8,16H,3-4,7H2,1H3/t8-/m0/s1. The maximum Gasteiger partial charge on any atom is 0.163 e. The average molecular weight is 252 g/mol. The van der Waals surface area contributed by atoms with Gasteiger partial charge in [0.15, 0.2) is 11.4 Å². The van der Waals surface area contributed by atoms with Crippen molar-refractivity contribution in [1.82, 2.24) is 5.32 Å². The molecule has 2 heterocycles. The molecule has 5 heteroatoms. The lowest BCUT2D eigenvalue weighted by atomic mass is 10.1. The summed E-state index contributed by atoms with van der Waals surface area (Å²) in [6.07, 6.45) is 1.39. The largest absolute Gasteiger partial charge is 0.462 e. The van der Waals surface area contributed by atoms with Crippen LogP contribution in [0.5, 0.6) is 0 Å². The molecule has 0 radical (unpaired) electrons. The number of benzene rings is 1. The Morgan fingerprint density at radius 1 is 1.39 bits per heavy atom. The molecule has 0 bridgehead atoms. The Morgan fingerprint density at radius 2 is 2.22 bits per heavy atom. The lowest BCUT2D eigenvalue weighted by Crippen LogP contribution is -2.49. The van der Waals surface area contributed by atoms with Gasteiger partial charge in [-0.2, -0.15) is 0 Å². The molecule has 0 amide bonds. The van der Waals surface area contributed by atoms with E-state index >= 15 is 0 Å². The first-order chi connectivity index (χ1) is 8.66. The molecule has 18 heavy (non-hydrogen) atoms. The molecule has 1 aliphatic heterocycles. The van der Waals surface area contributed by atoms with Crippen LogP contribution in [-0.4, -0.2) is 25.7 Å². The van der Waals surface area contributed by atoms with Crippen molar-refractivity contribution in [3.05, 3.63) is 30.0 Å². The van der Waals surface area contributed by atoms with Gasteiger partial charge in [-0.3, -0.25) is 0 Å². The lowest BCUT2D eigenvalue weighted by molar-refractivity contribution is 0.476. The predicted molar refractivity (Wildman–Crippen MR) is 65.8 cm³/mol. The van der Waals surface area contributed by atoms with Gasteiger partial charge >= 0.3 is 0 Å². The number of nitrogens with zero attached hydrogens (tertiary/aromatic N) is 1. The van der Waals surface area contributed by atoms with Gasteiger partial charge in [-0.05, 0) is 13.0 Å². The zero-order chi connectivity index (χ0) is 12.7. The van der Waals surface area contributed by atoms with Crippen molar-refractivity contribution in [2.45, 2.75) is 13.0 Å². The molecule has 1 aromatic heterocycles. The maximum absolute atomic E-state index is 14.0. The number of hydrogen-bond donors (Lipinski definition) is 1. The van der Waals surface area contributed by atoms with Crippen molar-refractivity contribution in [3.63, 3.8) is 0 Å². The lowest BCUT2D eigenvalue weighted by Gasteiger charge is -2.33. The maximum atomic E-state index is 14.0. The zero-order valence-electron chi connectivity index (χ0n) is 10.0. The highest BCUT2D eigenvalue weighted by atomic mass is 19.1. The highest BCUT2D eigenvalue weighted by Gasteiger charge is 2.24. The van der Waals surface area contributed by atoms with Crippen molar-refractivity contribution in [1.29, 1.82) is 0 Å².